The highest BCUT2D eigenvalue weighted by Gasteiger charge is 2.24. The molecule has 0 aromatic rings. The molecule has 6 heteroatoms. The van der Waals surface area contributed by atoms with E-state index in [1.165, 1.54) is 135 Å². The highest BCUT2D eigenvalue weighted by atomic mass is 16.5. The summed E-state index contributed by atoms with van der Waals surface area (Å²) < 4.78 is 5.92. The van der Waals surface area contributed by atoms with Gasteiger partial charge in [-0.05, 0) is 44.9 Å². The van der Waals surface area contributed by atoms with Crippen LogP contribution >= 0.6 is 0 Å². The van der Waals surface area contributed by atoms with Gasteiger partial charge in [0.15, 0.2) is 0 Å². The van der Waals surface area contributed by atoms with Gasteiger partial charge in [0.05, 0.1) is 25.2 Å². The van der Waals surface area contributed by atoms with E-state index in [9.17, 15) is 19.8 Å². The first kappa shape index (κ1) is 60.6. The van der Waals surface area contributed by atoms with Crippen LogP contribution < -0.4 is 5.32 Å². The minimum Gasteiger partial charge on any atom is -0.462 e. The number of unbranched alkanes of at least 4 members (excludes halogenated alkanes) is 30. The van der Waals surface area contributed by atoms with Gasteiger partial charge < -0.3 is 20.3 Å². The zero-order valence-corrected chi connectivity index (χ0v) is 41.7. The highest BCUT2D eigenvalue weighted by molar-refractivity contribution is 5.77. The van der Waals surface area contributed by atoms with Crippen molar-refractivity contribution in [2.24, 2.45) is 0 Å². The molecule has 0 saturated carbocycles. The van der Waals surface area contributed by atoms with E-state index in [0.717, 1.165) is 83.5 Å². The lowest BCUT2D eigenvalue weighted by Gasteiger charge is -2.24. The monoisotopic (exact) mass is 882 g/mol. The van der Waals surface area contributed by atoms with Gasteiger partial charge in [-0.1, -0.05) is 268 Å². The van der Waals surface area contributed by atoms with E-state index in [1.54, 1.807) is 0 Å². The number of allylic oxidation sites excluding steroid dienone is 10. The molecule has 0 bridgehead atoms. The Bertz CT molecular complexity index is 1130. The Labute approximate surface area is 390 Å². The molecular formula is C57H103NO5. The maximum Gasteiger partial charge on any atom is 0.306 e. The maximum absolute atomic E-state index is 13.2. The third-order valence-corrected chi connectivity index (χ3v) is 12.2. The molecule has 0 aliphatic rings. The van der Waals surface area contributed by atoms with Crippen molar-refractivity contribution in [1.82, 2.24) is 5.32 Å². The lowest BCUT2D eigenvalue weighted by Crippen LogP contribution is -2.46. The quantitative estimate of drug-likeness (QED) is 0.0321. The standard InChI is InChI=1S/C57H103NO5/c1-4-7-10-13-16-19-22-24-26-28-29-31-33-35-38-41-44-47-50-57(62)63-53(48-45-42-39-36-21-18-15-12-9-6-3)51-56(61)58-54(52-59)55(60)49-46-43-40-37-34-32-30-27-25-23-20-17-14-11-8-5-2/h10,13,16,19,22,24,26,28-29,31,53-55,59-60H,4-9,11-12,14-15,17-18,20-21,23,25,27,30,32-52H2,1-3H3,(H,58,61)/b13-10+,19-16+,24-22+,28-26+,31-29+. The first-order chi connectivity index (χ1) is 31.0. The van der Waals surface area contributed by atoms with E-state index >= 15 is 0 Å². The Morgan fingerprint density at radius 1 is 0.460 bits per heavy atom. The number of aliphatic hydroxyl groups is 2. The highest BCUT2D eigenvalue weighted by Crippen LogP contribution is 2.18. The van der Waals surface area contributed by atoms with Crippen molar-refractivity contribution in [3.05, 3.63) is 60.8 Å². The molecule has 0 spiro atoms. The predicted octanol–water partition coefficient (Wildman–Crippen LogP) is 16.4. The van der Waals surface area contributed by atoms with Crippen LogP contribution in [0.4, 0.5) is 0 Å². The average molecular weight is 882 g/mol. The third-order valence-electron chi connectivity index (χ3n) is 12.2. The van der Waals surface area contributed by atoms with Gasteiger partial charge in [-0.25, -0.2) is 0 Å². The topological polar surface area (TPSA) is 95.9 Å². The van der Waals surface area contributed by atoms with E-state index in [1.807, 2.05) is 24.3 Å². The first-order valence-corrected chi connectivity index (χ1v) is 27.1. The lowest BCUT2D eigenvalue weighted by molar-refractivity contribution is -0.151. The van der Waals surface area contributed by atoms with Crippen molar-refractivity contribution in [2.45, 2.75) is 283 Å². The second-order valence-electron chi connectivity index (χ2n) is 18.4. The number of amides is 1. The summed E-state index contributed by atoms with van der Waals surface area (Å²) in [4.78, 5) is 26.2. The maximum atomic E-state index is 13.2. The third kappa shape index (κ3) is 45.9. The van der Waals surface area contributed by atoms with Crippen molar-refractivity contribution in [2.75, 3.05) is 6.61 Å². The summed E-state index contributed by atoms with van der Waals surface area (Å²) in [6, 6.07) is -0.706. The second kappa shape index (κ2) is 50.6. The van der Waals surface area contributed by atoms with Gasteiger partial charge >= 0.3 is 5.97 Å². The molecule has 0 aliphatic heterocycles. The normalized spacial score (nSPS) is 13.7. The average Bonchev–Trinajstić information content (AvgIpc) is 3.28. The summed E-state index contributed by atoms with van der Waals surface area (Å²) in [5.41, 5.74) is 0. The van der Waals surface area contributed by atoms with Gasteiger partial charge in [-0.3, -0.25) is 9.59 Å². The van der Waals surface area contributed by atoms with E-state index in [-0.39, 0.29) is 24.9 Å². The molecular weight excluding hydrogens is 779 g/mol. The Morgan fingerprint density at radius 3 is 1.29 bits per heavy atom. The number of ether oxygens (including phenoxy) is 1. The van der Waals surface area contributed by atoms with Gasteiger partial charge in [-0.15, -0.1) is 0 Å². The lowest BCUT2D eigenvalue weighted by atomic mass is 10.0. The summed E-state index contributed by atoms with van der Waals surface area (Å²) in [6.07, 6.45) is 62.8. The van der Waals surface area contributed by atoms with Crippen LogP contribution in [0, 0.1) is 0 Å². The van der Waals surface area contributed by atoms with Crippen LogP contribution in [-0.4, -0.2) is 46.9 Å². The zero-order valence-electron chi connectivity index (χ0n) is 41.7. The number of carbonyl (C=O) groups excluding carboxylic acids is 2. The van der Waals surface area contributed by atoms with Gasteiger partial charge in [0.1, 0.15) is 6.10 Å². The number of hydrogen-bond donors (Lipinski definition) is 3. The molecule has 0 heterocycles. The number of esters is 1. The molecule has 0 fully saturated rings. The van der Waals surface area contributed by atoms with Gasteiger partial charge in [0.25, 0.3) is 0 Å². The van der Waals surface area contributed by atoms with Crippen LogP contribution in [-0.2, 0) is 14.3 Å². The number of aliphatic hydroxyl groups excluding tert-OH is 2. The molecule has 366 valence electrons. The fraction of sp³-hybridized carbons (Fsp3) is 0.789. The minimum absolute atomic E-state index is 0.0677. The van der Waals surface area contributed by atoms with Gasteiger partial charge in [-0.2, -0.15) is 0 Å². The molecule has 0 rings (SSSR count). The van der Waals surface area contributed by atoms with Gasteiger partial charge in [0.2, 0.25) is 5.91 Å². The predicted molar refractivity (Wildman–Crippen MR) is 273 cm³/mol. The summed E-state index contributed by atoms with van der Waals surface area (Å²) in [7, 11) is 0. The Kier molecular flexibility index (Phi) is 48.6. The second-order valence-corrected chi connectivity index (χ2v) is 18.4. The van der Waals surface area contributed by atoms with Crippen molar-refractivity contribution in [3.8, 4) is 0 Å². The van der Waals surface area contributed by atoms with E-state index < -0.39 is 18.2 Å². The molecule has 0 aliphatic carbocycles. The fourth-order valence-corrected chi connectivity index (χ4v) is 8.11. The number of hydrogen-bond acceptors (Lipinski definition) is 5. The summed E-state index contributed by atoms with van der Waals surface area (Å²) in [6.45, 7) is 6.40. The smallest absolute Gasteiger partial charge is 0.306 e. The molecule has 6 nitrogen and oxygen atoms in total. The largest absolute Gasteiger partial charge is 0.462 e. The summed E-state index contributed by atoms with van der Waals surface area (Å²) >= 11 is 0. The molecule has 3 atom stereocenters. The van der Waals surface area contributed by atoms with Crippen LogP contribution in [0.25, 0.3) is 0 Å². The van der Waals surface area contributed by atoms with Crippen molar-refractivity contribution < 1.29 is 24.5 Å². The molecule has 63 heavy (non-hydrogen) atoms. The molecule has 0 saturated heterocycles. The van der Waals surface area contributed by atoms with Crippen LogP contribution in [0.15, 0.2) is 60.8 Å². The Hall–Kier alpha value is -2.44. The van der Waals surface area contributed by atoms with Crippen LogP contribution in [0.1, 0.15) is 265 Å². The minimum atomic E-state index is -0.792. The zero-order chi connectivity index (χ0) is 45.9. The molecule has 0 aromatic carbocycles. The van der Waals surface area contributed by atoms with Crippen LogP contribution in [0.3, 0.4) is 0 Å². The Morgan fingerprint density at radius 2 is 0.841 bits per heavy atom. The van der Waals surface area contributed by atoms with Crippen molar-refractivity contribution in [1.29, 1.82) is 0 Å². The molecule has 0 aromatic heterocycles. The van der Waals surface area contributed by atoms with Crippen molar-refractivity contribution >= 4 is 11.9 Å². The SMILES string of the molecule is CCC/C=C/C=C/C=C/C=C/C=C/CCCCCCCC(=O)OC(CCCCCCCCCCCC)CC(=O)NC(CO)C(O)CCCCCCCCCCCCCCCCCC. The van der Waals surface area contributed by atoms with Crippen molar-refractivity contribution in [3.63, 3.8) is 0 Å². The molecule has 0 radical (unpaired) electrons. The molecule has 3 unspecified atom stereocenters. The summed E-state index contributed by atoms with van der Waals surface area (Å²) in [5.74, 6) is -0.497. The van der Waals surface area contributed by atoms with Crippen LogP contribution in [0.2, 0.25) is 0 Å². The molecule has 1 amide bonds. The van der Waals surface area contributed by atoms with Gasteiger partial charge in [0, 0.05) is 6.42 Å². The number of carbonyl (C=O) groups is 2. The Balaban J connectivity index is 4.51. The summed E-state index contributed by atoms with van der Waals surface area (Å²) in [5, 5.41) is 23.8. The molecule has 3 N–H and O–H groups in total. The first-order valence-electron chi connectivity index (χ1n) is 27.1. The number of nitrogens with one attached hydrogen (secondary N) is 1. The van der Waals surface area contributed by atoms with E-state index in [2.05, 4.69) is 62.5 Å². The van der Waals surface area contributed by atoms with Crippen LogP contribution in [0.5, 0.6) is 0 Å². The van der Waals surface area contributed by atoms with E-state index in [0.29, 0.717) is 19.3 Å². The van der Waals surface area contributed by atoms with E-state index in [4.69, 9.17) is 4.74 Å². The number of rotatable bonds is 48. The fourth-order valence-electron chi connectivity index (χ4n) is 8.11.